The fraction of sp³-hybridized carbons (Fsp3) is 0.500. The van der Waals surface area contributed by atoms with Crippen LogP contribution in [0.15, 0.2) is 16.7 Å². The average molecular weight is 275 g/mol. The molecule has 0 amide bonds. The summed E-state index contributed by atoms with van der Waals surface area (Å²) in [5.41, 5.74) is 0.551. The normalized spacial score (nSPS) is 17.6. The summed E-state index contributed by atoms with van der Waals surface area (Å²) in [7, 11) is 0. The number of nitrogens with zero attached hydrogens (tertiary/aromatic N) is 2. The number of ether oxygens (including phenoxy) is 1. The molecule has 0 aromatic carbocycles. The molecule has 2 heterocycles. The Balaban J connectivity index is 2.22. The molecule has 15 heavy (non-hydrogen) atoms. The summed E-state index contributed by atoms with van der Waals surface area (Å²) in [6, 6.07) is 1.76. The molecule has 1 aromatic rings. The van der Waals surface area contributed by atoms with E-state index < -0.39 is 5.95 Å². The SMILES string of the molecule is Fc1ncc(Br)cc1N1CCCOCC1. The Labute approximate surface area is 96.4 Å². The van der Waals surface area contributed by atoms with Crippen LogP contribution in [0.2, 0.25) is 0 Å². The first kappa shape index (κ1) is 10.8. The molecule has 0 atom stereocenters. The second kappa shape index (κ2) is 4.90. The predicted octanol–water partition coefficient (Wildman–Crippen LogP) is 2.21. The van der Waals surface area contributed by atoms with Gasteiger partial charge in [-0.1, -0.05) is 0 Å². The van der Waals surface area contributed by atoms with Crippen molar-refractivity contribution in [2.45, 2.75) is 6.42 Å². The molecule has 0 bridgehead atoms. The predicted molar refractivity (Wildman–Crippen MR) is 59.5 cm³/mol. The van der Waals surface area contributed by atoms with E-state index in [1.54, 1.807) is 6.07 Å². The first-order valence-corrected chi connectivity index (χ1v) is 5.70. The van der Waals surface area contributed by atoms with Crippen LogP contribution in [-0.2, 0) is 4.74 Å². The molecule has 0 aliphatic carbocycles. The summed E-state index contributed by atoms with van der Waals surface area (Å²) >= 11 is 3.30. The number of hydrogen-bond donors (Lipinski definition) is 0. The van der Waals surface area contributed by atoms with E-state index in [2.05, 4.69) is 20.9 Å². The Morgan fingerprint density at radius 2 is 2.27 bits per heavy atom. The molecule has 1 aliphatic rings. The van der Waals surface area contributed by atoms with Gasteiger partial charge in [0.2, 0.25) is 5.95 Å². The van der Waals surface area contributed by atoms with E-state index in [0.29, 0.717) is 12.3 Å². The maximum atomic E-state index is 13.5. The van der Waals surface area contributed by atoms with E-state index in [9.17, 15) is 4.39 Å². The number of hydrogen-bond acceptors (Lipinski definition) is 3. The van der Waals surface area contributed by atoms with Crippen molar-refractivity contribution in [3.05, 3.63) is 22.7 Å². The molecule has 1 aliphatic heterocycles. The summed E-state index contributed by atoms with van der Waals surface area (Å²) in [5.74, 6) is -0.417. The van der Waals surface area contributed by atoms with Crippen LogP contribution in [0.3, 0.4) is 0 Å². The molecule has 1 aromatic heterocycles. The summed E-state index contributed by atoms with van der Waals surface area (Å²) in [5, 5.41) is 0. The summed E-state index contributed by atoms with van der Waals surface area (Å²) < 4.78 is 19.6. The first-order chi connectivity index (χ1) is 7.27. The molecule has 0 radical (unpaired) electrons. The lowest BCUT2D eigenvalue weighted by Crippen LogP contribution is -2.27. The van der Waals surface area contributed by atoms with Crippen molar-refractivity contribution in [1.82, 2.24) is 4.98 Å². The Bertz CT molecular complexity index is 340. The van der Waals surface area contributed by atoms with Gasteiger partial charge in [0.05, 0.1) is 12.3 Å². The van der Waals surface area contributed by atoms with E-state index in [0.717, 1.165) is 30.6 Å². The molecule has 0 saturated carbocycles. The van der Waals surface area contributed by atoms with Gasteiger partial charge >= 0.3 is 0 Å². The number of pyridine rings is 1. The second-order valence-electron chi connectivity index (χ2n) is 3.42. The maximum Gasteiger partial charge on any atom is 0.236 e. The van der Waals surface area contributed by atoms with Crippen LogP contribution in [0.25, 0.3) is 0 Å². The van der Waals surface area contributed by atoms with Crippen molar-refractivity contribution in [3.63, 3.8) is 0 Å². The fourth-order valence-corrected chi connectivity index (χ4v) is 1.94. The first-order valence-electron chi connectivity index (χ1n) is 4.91. The largest absolute Gasteiger partial charge is 0.380 e. The Kier molecular flexibility index (Phi) is 3.53. The molecular formula is C10H12BrFN2O. The quantitative estimate of drug-likeness (QED) is 0.735. The molecular weight excluding hydrogens is 263 g/mol. The van der Waals surface area contributed by atoms with Crippen LogP contribution in [0.1, 0.15) is 6.42 Å². The van der Waals surface area contributed by atoms with Crippen molar-refractivity contribution in [1.29, 1.82) is 0 Å². The van der Waals surface area contributed by atoms with Gasteiger partial charge in [0.1, 0.15) is 0 Å². The highest BCUT2D eigenvalue weighted by Gasteiger charge is 2.14. The van der Waals surface area contributed by atoms with Gasteiger partial charge in [-0.25, -0.2) is 4.98 Å². The van der Waals surface area contributed by atoms with Crippen molar-refractivity contribution in [2.24, 2.45) is 0 Å². The lowest BCUT2D eigenvalue weighted by atomic mass is 10.3. The van der Waals surface area contributed by atoms with E-state index in [1.807, 2.05) is 4.90 Å². The van der Waals surface area contributed by atoms with E-state index in [1.165, 1.54) is 6.20 Å². The van der Waals surface area contributed by atoms with Crippen LogP contribution in [-0.4, -0.2) is 31.3 Å². The minimum atomic E-state index is -0.417. The minimum absolute atomic E-state index is 0.417. The molecule has 5 heteroatoms. The summed E-state index contributed by atoms with van der Waals surface area (Å²) in [6.07, 6.45) is 2.39. The standard InChI is InChI=1S/C10H12BrFN2O/c11-8-6-9(10(12)13-7-8)14-2-1-4-15-5-3-14/h6-7H,1-5H2. The molecule has 1 saturated heterocycles. The zero-order chi connectivity index (χ0) is 10.7. The van der Waals surface area contributed by atoms with Crippen LogP contribution in [0.4, 0.5) is 10.1 Å². The third kappa shape index (κ3) is 2.66. The summed E-state index contributed by atoms with van der Waals surface area (Å²) in [6.45, 7) is 2.93. The minimum Gasteiger partial charge on any atom is -0.380 e. The van der Waals surface area contributed by atoms with Gasteiger partial charge in [0, 0.05) is 30.4 Å². The monoisotopic (exact) mass is 274 g/mol. The second-order valence-corrected chi connectivity index (χ2v) is 4.33. The number of aromatic nitrogens is 1. The Hall–Kier alpha value is -0.680. The maximum absolute atomic E-state index is 13.5. The summed E-state index contributed by atoms with van der Waals surface area (Å²) in [4.78, 5) is 5.66. The Morgan fingerprint density at radius 3 is 3.13 bits per heavy atom. The van der Waals surface area contributed by atoms with Gasteiger partial charge in [-0.2, -0.15) is 4.39 Å². The third-order valence-electron chi connectivity index (χ3n) is 2.35. The molecule has 3 nitrogen and oxygen atoms in total. The van der Waals surface area contributed by atoms with E-state index in [-0.39, 0.29) is 0 Å². The number of halogens is 2. The third-order valence-corrected chi connectivity index (χ3v) is 2.78. The molecule has 0 spiro atoms. The van der Waals surface area contributed by atoms with Crippen LogP contribution in [0.5, 0.6) is 0 Å². The molecule has 0 unspecified atom stereocenters. The number of rotatable bonds is 1. The van der Waals surface area contributed by atoms with Crippen molar-refractivity contribution < 1.29 is 9.13 Å². The van der Waals surface area contributed by atoms with Gasteiger partial charge in [-0.15, -0.1) is 0 Å². The van der Waals surface area contributed by atoms with Crippen LogP contribution < -0.4 is 4.90 Å². The van der Waals surface area contributed by atoms with Crippen molar-refractivity contribution in [2.75, 3.05) is 31.2 Å². The van der Waals surface area contributed by atoms with Crippen molar-refractivity contribution in [3.8, 4) is 0 Å². The van der Waals surface area contributed by atoms with Crippen LogP contribution >= 0.6 is 15.9 Å². The lowest BCUT2D eigenvalue weighted by Gasteiger charge is -2.21. The van der Waals surface area contributed by atoms with E-state index in [4.69, 9.17) is 4.74 Å². The highest BCUT2D eigenvalue weighted by molar-refractivity contribution is 9.10. The fourth-order valence-electron chi connectivity index (χ4n) is 1.62. The van der Waals surface area contributed by atoms with E-state index >= 15 is 0 Å². The zero-order valence-corrected chi connectivity index (χ0v) is 9.83. The smallest absolute Gasteiger partial charge is 0.236 e. The van der Waals surface area contributed by atoms with Crippen LogP contribution in [0, 0.1) is 5.95 Å². The van der Waals surface area contributed by atoms with Gasteiger partial charge in [0.15, 0.2) is 0 Å². The molecule has 82 valence electrons. The van der Waals surface area contributed by atoms with Gasteiger partial charge < -0.3 is 9.64 Å². The molecule has 1 fully saturated rings. The zero-order valence-electron chi connectivity index (χ0n) is 8.25. The Morgan fingerprint density at radius 1 is 1.40 bits per heavy atom. The average Bonchev–Trinajstić information content (AvgIpc) is 2.50. The highest BCUT2D eigenvalue weighted by Crippen LogP contribution is 2.22. The van der Waals surface area contributed by atoms with Crippen molar-refractivity contribution >= 4 is 21.6 Å². The van der Waals surface area contributed by atoms with Gasteiger partial charge in [0.25, 0.3) is 0 Å². The topological polar surface area (TPSA) is 25.4 Å². The molecule has 2 rings (SSSR count). The lowest BCUT2D eigenvalue weighted by molar-refractivity contribution is 0.152. The molecule has 0 N–H and O–H groups in total. The van der Waals surface area contributed by atoms with Gasteiger partial charge in [-0.3, -0.25) is 0 Å². The highest BCUT2D eigenvalue weighted by atomic mass is 79.9. The van der Waals surface area contributed by atoms with Gasteiger partial charge in [-0.05, 0) is 28.4 Å². The number of anilines is 1.